The van der Waals surface area contributed by atoms with Gasteiger partial charge in [-0.1, -0.05) is 0 Å². The molecule has 1 aromatic heterocycles. The summed E-state index contributed by atoms with van der Waals surface area (Å²) in [6.07, 6.45) is -2.74. The molecule has 6 heteroatoms. The molecule has 0 aliphatic rings. The van der Waals surface area contributed by atoms with Gasteiger partial charge in [-0.2, -0.15) is 5.26 Å². The van der Waals surface area contributed by atoms with E-state index in [0.717, 1.165) is 6.07 Å². The maximum Gasteiger partial charge on any atom is 0.264 e. The van der Waals surface area contributed by atoms with E-state index >= 15 is 0 Å². The minimum atomic E-state index is -2.74. The minimum Gasteiger partial charge on any atom is -0.390 e. The predicted molar refractivity (Wildman–Crippen MR) is 49.4 cm³/mol. The highest BCUT2D eigenvalue weighted by atomic mass is 35.5. The molecule has 0 aliphatic heterocycles. The average Bonchev–Trinajstić information content (AvgIpc) is 2.26. The number of nitrogens with zero attached hydrogens (tertiary/aromatic N) is 2. The highest BCUT2D eigenvalue weighted by Gasteiger charge is 2.18. The monoisotopic (exact) mass is 232 g/mol. The van der Waals surface area contributed by atoms with Crippen molar-refractivity contribution in [2.75, 3.05) is 0 Å². The number of aromatic nitrogens is 1. The van der Waals surface area contributed by atoms with Crippen molar-refractivity contribution < 1.29 is 13.9 Å². The molecule has 1 aromatic rings. The van der Waals surface area contributed by atoms with Crippen molar-refractivity contribution in [2.45, 2.75) is 18.9 Å². The predicted octanol–water partition coefficient (Wildman–Crippen LogP) is 2.12. The van der Waals surface area contributed by atoms with Crippen LogP contribution in [0.4, 0.5) is 8.78 Å². The maximum atomic E-state index is 12.6. The fourth-order valence-corrected chi connectivity index (χ4v) is 1.49. The van der Waals surface area contributed by atoms with Gasteiger partial charge in [0.25, 0.3) is 6.43 Å². The van der Waals surface area contributed by atoms with E-state index in [2.05, 4.69) is 4.98 Å². The zero-order valence-corrected chi connectivity index (χ0v) is 8.30. The van der Waals surface area contributed by atoms with E-state index in [1.54, 1.807) is 6.07 Å². The standard InChI is InChI=1S/C9H7ClF2N2O/c10-2-7-6(9(11)12)1-5(3-13)14-8(7)4-15/h1,9,15H,2,4H2. The van der Waals surface area contributed by atoms with Crippen LogP contribution in [0.2, 0.25) is 0 Å². The molecule has 1 N–H and O–H groups in total. The van der Waals surface area contributed by atoms with Crippen LogP contribution in [-0.2, 0) is 12.5 Å². The van der Waals surface area contributed by atoms with Crippen LogP contribution >= 0.6 is 11.6 Å². The Morgan fingerprint density at radius 2 is 2.27 bits per heavy atom. The van der Waals surface area contributed by atoms with Gasteiger partial charge in [-0.3, -0.25) is 0 Å². The van der Waals surface area contributed by atoms with Crippen LogP contribution in [0.5, 0.6) is 0 Å². The molecule has 0 saturated heterocycles. The number of aliphatic hydroxyl groups is 1. The van der Waals surface area contributed by atoms with Crippen LogP contribution in [-0.4, -0.2) is 10.1 Å². The molecule has 0 bridgehead atoms. The lowest BCUT2D eigenvalue weighted by Crippen LogP contribution is -2.04. The Balaban J connectivity index is 3.40. The van der Waals surface area contributed by atoms with E-state index in [4.69, 9.17) is 22.0 Å². The van der Waals surface area contributed by atoms with Gasteiger partial charge in [-0.15, -0.1) is 11.6 Å². The van der Waals surface area contributed by atoms with Gasteiger partial charge in [0.05, 0.1) is 12.3 Å². The first-order valence-electron chi connectivity index (χ1n) is 4.01. The molecule has 15 heavy (non-hydrogen) atoms. The molecular weight excluding hydrogens is 226 g/mol. The van der Waals surface area contributed by atoms with E-state index in [-0.39, 0.29) is 28.4 Å². The number of halogens is 3. The number of alkyl halides is 3. The largest absolute Gasteiger partial charge is 0.390 e. The minimum absolute atomic E-state index is 0.0272. The maximum absolute atomic E-state index is 12.6. The summed E-state index contributed by atoms with van der Waals surface area (Å²) in [5, 5.41) is 17.5. The van der Waals surface area contributed by atoms with Gasteiger partial charge in [0, 0.05) is 11.4 Å². The second-order valence-corrected chi connectivity index (χ2v) is 2.99. The zero-order valence-electron chi connectivity index (χ0n) is 7.54. The zero-order chi connectivity index (χ0) is 11.4. The summed E-state index contributed by atoms with van der Waals surface area (Å²) in [7, 11) is 0. The third-order valence-electron chi connectivity index (χ3n) is 1.88. The van der Waals surface area contributed by atoms with Crippen molar-refractivity contribution >= 4 is 11.6 Å². The summed E-state index contributed by atoms with van der Waals surface area (Å²) in [4.78, 5) is 3.69. The lowest BCUT2D eigenvalue weighted by atomic mass is 10.1. The summed E-state index contributed by atoms with van der Waals surface area (Å²) in [5.74, 6) is -0.172. The smallest absolute Gasteiger partial charge is 0.264 e. The summed E-state index contributed by atoms with van der Waals surface area (Å²) in [5.41, 5.74) is -0.378. The average molecular weight is 233 g/mol. The van der Waals surface area contributed by atoms with Gasteiger partial charge in [-0.05, 0) is 11.6 Å². The number of rotatable bonds is 3. The molecule has 0 amide bonds. The first-order valence-corrected chi connectivity index (χ1v) is 4.55. The lowest BCUT2D eigenvalue weighted by molar-refractivity contribution is 0.150. The third-order valence-corrected chi connectivity index (χ3v) is 2.14. The summed E-state index contributed by atoms with van der Waals surface area (Å²) >= 11 is 5.49. The lowest BCUT2D eigenvalue weighted by Gasteiger charge is -2.10. The van der Waals surface area contributed by atoms with Crippen LogP contribution in [0, 0.1) is 11.3 Å². The number of aliphatic hydroxyl groups excluding tert-OH is 1. The molecular formula is C9H7ClF2N2O. The molecule has 1 heterocycles. The molecule has 80 valence electrons. The molecule has 0 unspecified atom stereocenters. The highest BCUT2D eigenvalue weighted by molar-refractivity contribution is 6.17. The van der Waals surface area contributed by atoms with Crippen LogP contribution in [0.15, 0.2) is 6.07 Å². The number of hydrogen-bond acceptors (Lipinski definition) is 3. The Hall–Kier alpha value is -1.25. The topological polar surface area (TPSA) is 56.9 Å². The Kier molecular flexibility index (Phi) is 3.95. The highest BCUT2D eigenvalue weighted by Crippen LogP contribution is 2.26. The molecule has 0 saturated carbocycles. The quantitative estimate of drug-likeness (QED) is 0.812. The summed E-state index contributed by atoms with van der Waals surface area (Å²) in [6.45, 7) is -0.517. The van der Waals surface area contributed by atoms with E-state index in [1.807, 2.05) is 0 Å². The van der Waals surface area contributed by atoms with Gasteiger partial charge < -0.3 is 5.11 Å². The fourth-order valence-electron chi connectivity index (χ4n) is 1.18. The van der Waals surface area contributed by atoms with Crippen molar-refractivity contribution in [3.63, 3.8) is 0 Å². The van der Waals surface area contributed by atoms with Gasteiger partial charge in [0.2, 0.25) is 0 Å². The van der Waals surface area contributed by atoms with Gasteiger partial charge in [-0.25, -0.2) is 13.8 Å². The Bertz CT molecular complexity index is 404. The van der Waals surface area contributed by atoms with Crippen LogP contribution in [0.3, 0.4) is 0 Å². The van der Waals surface area contributed by atoms with Gasteiger partial charge >= 0.3 is 0 Å². The van der Waals surface area contributed by atoms with E-state index in [1.165, 1.54) is 0 Å². The normalized spacial score (nSPS) is 10.4. The Morgan fingerprint density at radius 3 is 2.67 bits per heavy atom. The third kappa shape index (κ3) is 2.41. The molecule has 1 rings (SSSR count). The SMILES string of the molecule is N#Cc1cc(C(F)F)c(CCl)c(CO)n1. The van der Waals surface area contributed by atoms with Crippen molar-refractivity contribution in [2.24, 2.45) is 0 Å². The van der Waals surface area contributed by atoms with E-state index in [0.29, 0.717) is 0 Å². The molecule has 0 atom stereocenters. The second kappa shape index (κ2) is 5.01. The van der Waals surface area contributed by atoms with E-state index < -0.39 is 13.0 Å². The molecule has 0 spiro atoms. The first-order chi connectivity index (χ1) is 7.13. The summed E-state index contributed by atoms with van der Waals surface area (Å²) < 4.78 is 25.1. The molecule has 0 radical (unpaired) electrons. The molecule has 0 fully saturated rings. The van der Waals surface area contributed by atoms with Crippen LogP contribution in [0.1, 0.15) is 28.9 Å². The van der Waals surface area contributed by atoms with Crippen LogP contribution < -0.4 is 0 Å². The van der Waals surface area contributed by atoms with Gasteiger partial charge in [0.15, 0.2) is 0 Å². The first kappa shape index (κ1) is 11.8. The number of nitriles is 1. The summed E-state index contributed by atoms with van der Waals surface area (Å²) in [6, 6.07) is 2.64. The van der Waals surface area contributed by atoms with Crippen LogP contribution in [0.25, 0.3) is 0 Å². The Morgan fingerprint density at radius 1 is 1.60 bits per heavy atom. The molecule has 0 aromatic carbocycles. The molecule has 3 nitrogen and oxygen atoms in total. The van der Waals surface area contributed by atoms with Crippen molar-refractivity contribution in [3.05, 3.63) is 28.6 Å². The van der Waals surface area contributed by atoms with Crippen molar-refractivity contribution in [1.82, 2.24) is 4.98 Å². The fraction of sp³-hybridized carbons (Fsp3) is 0.333. The van der Waals surface area contributed by atoms with Crippen molar-refractivity contribution in [1.29, 1.82) is 5.26 Å². The Labute approximate surface area is 89.9 Å². The molecule has 0 aliphatic carbocycles. The second-order valence-electron chi connectivity index (χ2n) is 2.73. The number of pyridine rings is 1. The van der Waals surface area contributed by atoms with Crippen molar-refractivity contribution in [3.8, 4) is 6.07 Å². The number of hydrogen-bond donors (Lipinski definition) is 1. The van der Waals surface area contributed by atoms with Gasteiger partial charge in [0.1, 0.15) is 11.8 Å². The van der Waals surface area contributed by atoms with E-state index in [9.17, 15) is 8.78 Å².